The normalized spacial score (nSPS) is 19.9. The Morgan fingerprint density at radius 3 is 2.62 bits per heavy atom. The van der Waals surface area contributed by atoms with E-state index >= 15 is 0 Å². The van der Waals surface area contributed by atoms with Gasteiger partial charge in [0.1, 0.15) is 24.6 Å². The fraction of sp³-hybridized carbons (Fsp3) is 0.375. The van der Waals surface area contributed by atoms with E-state index in [9.17, 15) is 32.7 Å². The number of carbonyl (C=O) groups excluding carboxylic acids is 2. The summed E-state index contributed by atoms with van der Waals surface area (Å²) in [5.41, 5.74) is -0.574. The van der Waals surface area contributed by atoms with Crippen molar-refractivity contribution < 1.29 is 37.4 Å². The van der Waals surface area contributed by atoms with Crippen LogP contribution in [-0.4, -0.2) is 82.3 Å². The fourth-order valence-corrected chi connectivity index (χ4v) is 4.52. The van der Waals surface area contributed by atoms with Crippen LogP contribution < -0.4 is 10.1 Å². The maximum absolute atomic E-state index is 14.0. The van der Waals surface area contributed by atoms with Crippen LogP contribution in [0.4, 0.5) is 18.0 Å². The van der Waals surface area contributed by atoms with Gasteiger partial charge >= 0.3 is 6.09 Å². The lowest BCUT2D eigenvalue weighted by Gasteiger charge is -2.40. The highest BCUT2D eigenvalue weighted by Crippen LogP contribution is 2.38. The third-order valence-electron chi connectivity index (χ3n) is 6.19. The van der Waals surface area contributed by atoms with Crippen LogP contribution >= 0.6 is 0 Å². The van der Waals surface area contributed by atoms with Gasteiger partial charge in [0.05, 0.1) is 5.71 Å². The Morgan fingerprint density at radius 1 is 1.19 bits per heavy atom. The van der Waals surface area contributed by atoms with Gasteiger partial charge in [-0.2, -0.15) is 5.10 Å². The van der Waals surface area contributed by atoms with Gasteiger partial charge in [0, 0.05) is 37.8 Å². The van der Waals surface area contributed by atoms with Crippen LogP contribution in [0.25, 0.3) is 0 Å². The van der Waals surface area contributed by atoms with Gasteiger partial charge in [-0.3, -0.25) is 14.6 Å². The Kier molecular flexibility index (Phi) is 7.60. The third kappa shape index (κ3) is 5.65. The minimum absolute atomic E-state index is 0.0117. The minimum atomic E-state index is -2.81. The first-order valence-electron chi connectivity index (χ1n) is 11.4. The maximum Gasteiger partial charge on any atom is 0.405 e. The molecule has 0 bridgehead atoms. The van der Waals surface area contributed by atoms with Crippen molar-refractivity contribution >= 4 is 23.6 Å². The van der Waals surface area contributed by atoms with E-state index in [4.69, 9.17) is 4.74 Å². The van der Waals surface area contributed by atoms with E-state index in [1.165, 1.54) is 29.3 Å². The van der Waals surface area contributed by atoms with E-state index in [-0.39, 0.29) is 31.7 Å². The minimum Gasteiger partial charge on any atom is -0.488 e. The molecule has 37 heavy (non-hydrogen) atoms. The number of benzene rings is 1. The van der Waals surface area contributed by atoms with Crippen LogP contribution in [0.3, 0.4) is 0 Å². The second-order valence-electron chi connectivity index (χ2n) is 8.66. The average molecular weight is 519 g/mol. The second-order valence-corrected chi connectivity index (χ2v) is 8.66. The summed E-state index contributed by atoms with van der Waals surface area (Å²) in [6, 6.07) is 9.10. The van der Waals surface area contributed by atoms with Crippen molar-refractivity contribution in [2.45, 2.75) is 25.3 Å². The Bertz CT molecular complexity index is 1200. The van der Waals surface area contributed by atoms with Crippen molar-refractivity contribution in [1.29, 1.82) is 0 Å². The lowest BCUT2D eigenvalue weighted by atomic mass is 9.74. The van der Waals surface area contributed by atoms with E-state index in [0.717, 1.165) is 11.1 Å². The molecular formula is C24H24F3N5O5. The van der Waals surface area contributed by atoms with Gasteiger partial charge in [-0.15, -0.1) is 0 Å². The molecule has 1 saturated heterocycles. The van der Waals surface area contributed by atoms with Crippen LogP contribution in [0.5, 0.6) is 5.75 Å². The van der Waals surface area contributed by atoms with Crippen molar-refractivity contribution in [2.24, 2.45) is 10.5 Å². The van der Waals surface area contributed by atoms with Crippen molar-refractivity contribution in [3.05, 3.63) is 60.2 Å². The number of carboxylic acid groups (broad SMARTS) is 1. The molecule has 10 nitrogen and oxygen atoms in total. The lowest BCUT2D eigenvalue weighted by molar-refractivity contribution is -0.142. The van der Waals surface area contributed by atoms with Gasteiger partial charge in [0.25, 0.3) is 12.3 Å². The SMILES string of the molecule is O=C(O)NC(COc1ccccc1F)C(=O)N1CCC2=NN(CC(F)F)C(=O)C2(Cc2ccccn2)C1. The number of likely N-dealkylation sites (tertiary alicyclic amines) is 1. The Balaban J connectivity index is 1.58. The van der Waals surface area contributed by atoms with Crippen LogP contribution in [0.2, 0.25) is 0 Å². The number of amides is 3. The van der Waals surface area contributed by atoms with Crippen molar-refractivity contribution in [2.75, 3.05) is 26.2 Å². The molecule has 0 radical (unpaired) electrons. The molecule has 1 fully saturated rings. The smallest absolute Gasteiger partial charge is 0.405 e. The molecule has 2 unspecified atom stereocenters. The van der Waals surface area contributed by atoms with Gasteiger partial charge in [0.2, 0.25) is 5.91 Å². The molecular weight excluding hydrogens is 495 g/mol. The first-order valence-corrected chi connectivity index (χ1v) is 11.4. The quantitative estimate of drug-likeness (QED) is 0.523. The molecule has 2 N–H and O–H groups in total. The molecule has 1 aromatic heterocycles. The van der Waals surface area contributed by atoms with Crippen LogP contribution in [0.1, 0.15) is 12.1 Å². The highest BCUT2D eigenvalue weighted by atomic mass is 19.3. The number of nitrogens with zero attached hydrogens (tertiary/aromatic N) is 4. The number of pyridine rings is 1. The summed E-state index contributed by atoms with van der Waals surface area (Å²) in [5, 5.41) is 16.2. The second kappa shape index (κ2) is 10.8. The van der Waals surface area contributed by atoms with Gasteiger partial charge in [-0.25, -0.2) is 23.0 Å². The van der Waals surface area contributed by atoms with E-state index in [1.54, 1.807) is 18.2 Å². The van der Waals surface area contributed by atoms with Gasteiger partial charge < -0.3 is 20.1 Å². The van der Waals surface area contributed by atoms with Crippen molar-refractivity contribution in [3.63, 3.8) is 0 Å². The summed E-state index contributed by atoms with van der Waals surface area (Å²) in [4.78, 5) is 43.7. The van der Waals surface area contributed by atoms with Gasteiger partial charge in [-0.05, 0) is 24.3 Å². The Hall–Kier alpha value is -4.16. The molecule has 2 aliphatic rings. The van der Waals surface area contributed by atoms with Crippen LogP contribution in [0, 0.1) is 11.2 Å². The summed E-state index contributed by atoms with van der Waals surface area (Å²) in [6.45, 7) is -1.56. The number of carbonyl (C=O) groups is 3. The van der Waals surface area contributed by atoms with E-state index < -0.39 is 54.8 Å². The van der Waals surface area contributed by atoms with Gasteiger partial charge in [0.15, 0.2) is 11.6 Å². The number of piperidine rings is 1. The molecule has 2 atom stereocenters. The number of halogens is 3. The van der Waals surface area contributed by atoms with Crippen molar-refractivity contribution in [3.8, 4) is 5.75 Å². The molecule has 3 amide bonds. The Labute approximate surface area is 209 Å². The van der Waals surface area contributed by atoms with Crippen LogP contribution in [0.15, 0.2) is 53.8 Å². The maximum atomic E-state index is 14.0. The largest absolute Gasteiger partial charge is 0.488 e. The first kappa shape index (κ1) is 25.9. The highest BCUT2D eigenvalue weighted by molar-refractivity contribution is 6.13. The van der Waals surface area contributed by atoms with E-state index in [1.807, 2.05) is 0 Å². The molecule has 2 aromatic rings. The number of alkyl halides is 2. The number of aromatic nitrogens is 1. The molecule has 1 aromatic carbocycles. The summed E-state index contributed by atoms with van der Waals surface area (Å²) in [7, 11) is 0. The zero-order chi connectivity index (χ0) is 26.6. The third-order valence-corrected chi connectivity index (χ3v) is 6.19. The van der Waals surface area contributed by atoms with E-state index in [2.05, 4.69) is 15.4 Å². The monoisotopic (exact) mass is 519 g/mol. The first-order chi connectivity index (χ1) is 17.7. The highest BCUT2D eigenvalue weighted by Gasteiger charge is 2.55. The predicted octanol–water partition coefficient (Wildman–Crippen LogP) is 2.16. The number of para-hydroxylation sites is 1. The lowest BCUT2D eigenvalue weighted by Crippen LogP contribution is -2.60. The number of rotatable bonds is 9. The molecule has 3 heterocycles. The zero-order valence-electron chi connectivity index (χ0n) is 19.5. The predicted molar refractivity (Wildman–Crippen MR) is 124 cm³/mol. The number of fused-ring (bicyclic) bond motifs is 1. The van der Waals surface area contributed by atoms with Crippen LogP contribution in [-0.2, 0) is 16.0 Å². The Morgan fingerprint density at radius 2 is 1.95 bits per heavy atom. The summed E-state index contributed by atoms with van der Waals surface area (Å²) >= 11 is 0. The molecule has 0 saturated carbocycles. The number of hydrogen-bond donors (Lipinski definition) is 2. The number of ether oxygens (including phenoxy) is 1. The molecule has 0 aliphatic carbocycles. The number of hydrazone groups is 1. The molecule has 0 spiro atoms. The molecule has 4 rings (SSSR count). The number of nitrogens with one attached hydrogen (secondary N) is 1. The topological polar surface area (TPSA) is 124 Å². The summed E-state index contributed by atoms with van der Waals surface area (Å²) < 4.78 is 45.6. The molecule has 196 valence electrons. The standard InChI is InChI=1S/C24H24F3N5O5/c25-16-6-1-2-7-18(16)37-13-17(29-23(35)36)21(33)31-10-8-19-24(14-31,11-15-5-3-4-9-28-15)22(34)32(30-19)12-20(26)27/h1-7,9,17,20,29H,8,10-14H2,(H,35,36). The average Bonchev–Trinajstić information content (AvgIpc) is 3.12. The van der Waals surface area contributed by atoms with Gasteiger partial charge in [-0.1, -0.05) is 18.2 Å². The summed E-state index contributed by atoms with van der Waals surface area (Å²) in [5.74, 6) is -2.25. The van der Waals surface area contributed by atoms with Crippen molar-refractivity contribution in [1.82, 2.24) is 20.2 Å². The number of hydrogen-bond acceptors (Lipinski definition) is 6. The molecule has 13 heteroatoms. The molecule has 2 aliphatic heterocycles. The summed E-state index contributed by atoms with van der Waals surface area (Å²) in [6.07, 6.45) is -2.66. The van der Waals surface area contributed by atoms with E-state index in [0.29, 0.717) is 11.4 Å². The zero-order valence-corrected chi connectivity index (χ0v) is 19.5. The fourth-order valence-electron chi connectivity index (χ4n) is 4.52.